The Labute approximate surface area is 97.8 Å². The van der Waals surface area contributed by atoms with Gasteiger partial charge in [-0.2, -0.15) is 0 Å². The molecule has 1 aliphatic carbocycles. The first-order chi connectivity index (χ1) is 6.75. The number of rotatable bonds is 4. The molecule has 2 nitrogen and oxygen atoms in total. The number of halogens is 1. The summed E-state index contributed by atoms with van der Waals surface area (Å²) in [5.74, 6) is 0.958. The lowest BCUT2D eigenvalue weighted by Crippen LogP contribution is -2.32. The zero-order valence-electron chi connectivity index (χ0n) is 10.4. The van der Waals surface area contributed by atoms with Crippen molar-refractivity contribution >= 4 is 17.5 Å². The molecule has 3 heteroatoms. The molecule has 1 N–H and O–H groups in total. The van der Waals surface area contributed by atoms with Gasteiger partial charge in [-0.3, -0.25) is 4.79 Å². The molecule has 88 valence electrons. The summed E-state index contributed by atoms with van der Waals surface area (Å²) < 4.78 is 0. The quantitative estimate of drug-likeness (QED) is 0.741. The molecule has 0 saturated heterocycles. The van der Waals surface area contributed by atoms with Gasteiger partial charge in [-0.25, -0.2) is 0 Å². The van der Waals surface area contributed by atoms with E-state index in [0.717, 1.165) is 6.54 Å². The molecule has 1 fully saturated rings. The summed E-state index contributed by atoms with van der Waals surface area (Å²) >= 11 is 5.63. The van der Waals surface area contributed by atoms with Crippen molar-refractivity contribution in [3.05, 3.63) is 0 Å². The lowest BCUT2D eigenvalue weighted by Gasteiger charge is -2.09. The minimum Gasteiger partial charge on any atom is -0.356 e. The molecule has 15 heavy (non-hydrogen) atoms. The van der Waals surface area contributed by atoms with Crippen molar-refractivity contribution in [2.45, 2.75) is 34.6 Å². The van der Waals surface area contributed by atoms with E-state index in [2.05, 4.69) is 33.0 Å². The molecule has 1 amide bonds. The van der Waals surface area contributed by atoms with E-state index in [9.17, 15) is 4.79 Å². The number of nitrogens with one attached hydrogen (secondary N) is 1. The molecule has 0 aromatic carbocycles. The predicted molar refractivity (Wildman–Crippen MR) is 63.9 cm³/mol. The normalized spacial score (nSPS) is 24.7. The van der Waals surface area contributed by atoms with E-state index in [1.54, 1.807) is 0 Å². The molecule has 1 rings (SSSR count). The molecule has 1 saturated carbocycles. The van der Waals surface area contributed by atoms with Crippen LogP contribution in [0.15, 0.2) is 0 Å². The van der Waals surface area contributed by atoms with Gasteiger partial charge in [0.2, 0.25) is 5.91 Å². The molecule has 0 aromatic rings. The average Bonchev–Trinajstić information content (AvgIpc) is 2.53. The lowest BCUT2D eigenvalue weighted by atomic mass is 10.0. The molecule has 0 aromatic heterocycles. The molecule has 1 atom stereocenters. The molecule has 0 bridgehead atoms. The second kappa shape index (κ2) is 3.97. The fourth-order valence-corrected chi connectivity index (χ4v) is 2.43. The van der Waals surface area contributed by atoms with Gasteiger partial charge in [0.15, 0.2) is 0 Å². The summed E-state index contributed by atoms with van der Waals surface area (Å²) in [6.45, 7) is 11.7. The van der Waals surface area contributed by atoms with Crippen molar-refractivity contribution in [1.29, 1.82) is 0 Å². The number of carbonyl (C=O) groups is 1. The summed E-state index contributed by atoms with van der Waals surface area (Å²) in [7, 11) is 0. The molecule has 0 spiro atoms. The largest absolute Gasteiger partial charge is 0.356 e. The Balaban J connectivity index is 2.38. The Morgan fingerprint density at radius 3 is 2.13 bits per heavy atom. The van der Waals surface area contributed by atoms with Crippen LogP contribution in [0.3, 0.4) is 0 Å². The van der Waals surface area contributed by atoms with E-state index in [4.69, 9.17) is 11.6 Å². The fourth-order valence-electron chi connectivity index (χ4n) is 2.29. The van der Waals surface area contributed by atoms with Gasteiger partial charge in [0, 0.05) is 18.3 Å². The molecule has 0 radical (unpaired) electrons. The monoisotopic (exact) mass is 231 g/mol. The van der Waals surface area contributed by atoms with Crippen molar-refractivity contribution < 1.29 is 4.79 Å². The highest BCUT2D eigenvalue weighted by Crippen LogP contribution is 2.67. The number of carbonyl (C=O) groups excluding carboxylic acids is 1. The number of amides is 1. The third kappa shape index (κ3) is 2.15. The number of alkyl halides is 1. The van der Waals surface area contributed by atoms with E-state index in [0.29, 0.717) is 22.6 Å². The van der Waals surface area contributed by atoms with Crippen LogP contribution >= 0.6 is 11.6 Å². The molecule has 1 unspecified atom stereocenters. The van der Waals surface area contributed by atoms with Crippen molar-refractivity contribution in [3.63, 3.8) is 0 Å². The van der Waals surface area contributed by atoms with Crippen LogP contribution in [-0.4, -0.2) is 18.3 Å². The van der Waals surface area contributed by atoms with Gasteiger partial charge in [0.05, 0.1) is 0 Å². The molecular formula is C12H22ClNO. The Kier molecular flexibility index (Phi) is 3.39. The molecule has 0 heterocycles. The maximum Gasteiger partial charge on any atom is 0.224 e. The number of hydrogen-bond donors (Lipinski definition) is 1. The molecular weight excluding hydrogens is 210 g/mol. The maximum absolute atomic E-state index is 11.5. The highest BCUT2D eigenvalue weighted by molar-refractivity contribution is 6.19. The van der Waals surface area contributed by atoms with Gasteiger partial charge in [0.1, 0.15) is 0 Å². The highest BCUT2D eigenvalue weighted by Gasteiger charge is 2.64. The fraction of sp³-hybridized carbons (Fsp3) is 0.917. The Morgan fingerprint density at radius 1 is 1.33 bits per heavy atom. The summed E-state index contributed by atoms with van der Waals surface area (Å²) in [6, 6.07) is 0. The highest BCUT2D eigenvalue weighted by atomic mass is 35.5. The first-order valence-corrected chi connectivity index (χ1v) is 6.12. The van der Waals surface area contributed by atoms with Gasteiger partial charge in [0.25, 0.3) is 0 Å². The minimum atomic E-state index is -0.0864. The minimum absolute atomic E-state index is 0.0727. The maximum atomic E-state index is 11.5. The number of hydrogen-bond acceptors (Lipinski definition) is 1. The van der Waals surface area contributed by atoms with E-state index in [-0.39, 0.29) is 11.8 Å². The zero-order chi connectivity index (χ0) is 11.9. The smallest absolute Gasteiger partial charge is 0.224 e. The van der Waals surface area contributed by atoms with Gasteiger partial charge in [-0.15, -0.1) is 11.6 Å². The van der Waals surface area contributed by atoms with Crippen molar-refractivity contribution in [3.8, 4) is 0 Å². The molecule has 1 aliphatic rings. The van der Waals surface area contributed by atoms with E-state index in [1.807, 2.05) is 6.92 Å². The van der Waals surface area contributed by atoms with Crippen LogP contribution in [0.25, 0.3) is 0 Å². The summed E-state index contributed by atoms with van der Waals surface area (Å²) in [5.41, 5.74) is 0.676. The topological polar surface area (TPSA) is 29.1 Å². The van der Waals surface area contributed by atoms with Gasteiger partial charge in [-0.1, -0.05) is 34.6 Å². The van der Waals surface area contributed by atoms with Crippen LogP contribution in [0.1, 0.15) is 34.6 Å². The van der Waals surface area contributed by atoms with Crippen LogP contribution in [0.4, 0.5) is 0 Å². The Morgan fingerprint density at radius 2 is 1.80 bits per heavy atom. The Hall–Kier alpha value is -0.240. The molecule has 0 aliphatic heterocycles. The summed E-state index contributed by atoms with van der Waals surface area (Å²) in [5, 5.41) is 2.98. The van der Waals surface area contributed by atoms with Crippen molar-refractivity contribution in [2.24, 2.45) is 22.7 Å². The third-order valence-corrected chi connectivity index (χ3v) is 4.94. The third-order valence-electron chi connectivity index (χ3n) is 4.48. The van der Waals surface area contributed by atoms with Crippen molar-refractivity contribution in [2.75, 3.05) is 12.4 Å². The van der Waals surface area contributed by atoms with Crippen LogP contribution in [0.2, 0.25) is 0 Å². The lowest BCUT2D eigenvalue weighted by molar-refractivity contribution is -0.123. The average molecular weight is 232 g/mol. The van der Waals surface area contributed by atoms with Gasteiger partial charge in [-0.05, 0) is 16.7 Å². The first kappa shape index (κ1) is 12.8. The van der Waals surface area contributed by atoms with E-state index in [1.165, 1.54) is 0 Å². The van der Waals surface area contributed by atoms with Crippen LogP contribution in [0.5, 0.6) is 0 Å². The SMILES string of the molecule is CC(CCl)C(=O)NCC1C(C)(C)C1(C)C. The van der Waals surface area contributed by atoms with Gasteiger partial charge >= 0.3 is 0 Å². The van der Waals surface area contributed by atoms with Crippen molar-refractivity contribution in [1.82, 2.24) is 5.32 Å². The van der Waals surface area contributed by atoms with E-state index >= 15 is 0 Å². The van der Waals surface area contributed by atoms with Crippen LogP contribution < -0.4 is 5.32 Å². The van der Waals surface area contributed by atoms with Crippen LogP contribution in [0, 0.1) is 22.7 Å². The summed E-state index contributed by atoms with van der Waals surface area (Å²) in [6.07, 6.45) is 0. The van der Waals surface area contributed by atoms with Gasteiger partial charge < -0.3 is 5.32 Å². The summed E-state index contributed by atoms with van der Waals surface area (Å²) in [4.78, 5) is 11.5. The predicted octanol–water partition coefficient (Wildman–Crippen LogP) is 2.66. The second-order valence-electron chi connectivity index (χ2n) is 5.80. The standard InChI is InChI=1S/C12H22ClNO/c1-8(6-13)10(15)14-7-9-11(2,3)12(9,4)5/h8-9H,6-7H2,1-5H3,(H,14,15). The zero-order valence-corrected chi connectivity index (χ0v) is 11.1. The van der Waals surface area contributed by atoms with Crippen LogP contribution in [-0.2, 0) is 4.79 Å². The second-order valence-corrected chi connectivity index (χ2v) is 6.11. The first-order valence-electron chi connectivity index (χ1n) is 5.58. The Bertz CT molecular complexity index is 246. The van der Waals surface area contributed by atoms with E-state index < -0.39 is 0 Å².